The highest BCUT2D eigenvalue weighted by atomic mass is 32.2. The van der Waals surface area contributed by atoms with Crippen molar-refractivity contribution < 1.29 is 8.42 Å². The highest BCUT2D eigenvalue weighted by Gasteiger charge is 2.42. The zero-order valence-electron chi connectivity index (χ0n) is 19.2. The lowest BCUT2D eigenvalue weighted by Gasteiger charge is -2.29. The van der Waals surface area contributed by atoms with Crippen molar-refractivity contribution in [2.75, 3.05) is 15.9 Å². The number of hydrogen-bond acceptors (Lipinski definition) is 5. The lowest BCUT2D eigenvalue weighted by Crippen LogP contribution is -2.30. The monoisotopic (exact) mass is 504 g/mol. The van der Waals surface area contributed by atoms with Crippen molar-refractivity contribution in [3.63, 3.8) is 0 Å². The fraction of sp³-hybridized carbons (Fsp3) is 0.160. The van der Waals surface area contributed by atoms with Crippen molar-refractivity contribution in [2.45, 2.75) is 19.0 Å². The third-order valence-corrected chi connectivity index (χ3v) is 6.79. The van der Waals surface area contributed by atoms with Crippen LogP contribution < -0.4 is 14.9 Å². The SMILES string of the molecule is Cc1cc(N2C(=S)N[C@H](c3ccccn3)[C@H]2c2cccn2-c2cccnc2)ccc1NS(C)(=O)=O. The Bertz CT molecular complexity index is 1470. The molecule has 1 aliphatic heterocycles. The Balaban J connectivity index is 1.63. The van der Waals surface area contributed by atoms with Gasteiger partial charge >= 0.3 is 0 Å². The Morgan fingerprint density at radius 3 is 2.57 bits per heavy atom. The Labute approximate surface area is 209 Å². The third kappa shape index (κ3) is 4.62. The molecule has 1 aliphatic rings. The van der Waals surface area contributed by atoms with E-state index in [1.165, 1.54) is 0 Å². The predicted octanol–water partition coefficient (Wildman–Crippen LogP) is 4.12. The lowest BCUT2D eigenvalue weighted by atomic mass is 10.0. The summed E-state index contributed by atoms with van der Waals surface area (Å²) in [5.74, 6) is 0. The normalized spacial score (nSPS) is 17.9. The zero-order valence-corrected chi connectivity index (χ0v) is 20.8. The number of nitrogens with zero attached hydrogens (tertiary/aromatic N) is 4. The van der Waals surface area contributed by atoms with E-state index in [0.29, 0.717) is 10.8 Å². The first-order valence-electron chi connectivity index (χ1n) is 11.0. The number of sulfonamides is 1. The summed E-state index contributed by atoms with van der Waals surface area (Å²) >= 11 is 5.83. The van der Waals surface area contributed by atoms with Crippen LogP contribution in [0.4, 0.5) is 11.4 Å². The van der Waals surface area contributed by atoms with Crippen molar-refractivity contribution in [3.05, 3.63) is 102 Å². The average molecular weight is 505 g/mol. The second-order valence-electron chi connectivity index (χ2n) is 8.38. The number of hydrogen-bond donors (Lipinski definition) is 2. The average Bonchev–Trinajstić information content (AvgIpc) is 3.45. The van der Waals surface area contributed by atoms with Gasteiger partial charge in [-0.25, -0.2) is 8.42 Å². The zero-order chi connectivity index (χ0) is 24.6. The molecule has 178 valence electrons. The maximum absolute atomic E-state index is 11.8. The molecular formula is C25H24N6O2S2. The number of rotatable bonds is 6. The summed E-state index contributed by atoms with van der Waals surface area (Å²) in [5.41, 5.74) is 4.99. The molecule has 0 bridgehead atoms. The van der Waals surface area contributed by atoms with Crippen molar-refractivity contribution in [1.82, 2.24) is 19.9 Å². The summed E-state index contributed by atoms with van der Waals surface area (Å²) < 4.78 is 28.2. The van der Waals surface area contributed by atoms with Crippen LogP contribution >= 0.6 is 12.2 Å². The quantitative estimate of drug-likeness (QED) is 0.382. The maximum atomic E-state index is 11.8. The van der Waals surface area contributed by atoms with E-state index >= 15 is 0 Å². The molecule has 10 heteroatoms. The number of pyridine rings is 2. The van der Waals surface area contributed by atoms with Crippen LogP contribution in [0, 0.1) is 6.92 Å². The predicted molar refractivity (Wildman–Crippen MR) is 141 cm³/mol. The first-order chi connectivity index (χ1) is 16.8. The maximum Gasteiger partial charge on any atom is 0.229 e. The Kier molecular flexibility index (Phi) is 6.00. The Hall–Kier alpha value is -3.76. The molecule has 1 saturated heterocycles. The standard InChI is InChI=1S/C25H24N6O2S2/c1-17-15-18(10-11-20(17)29-35(2,32)33)31-24(23(28-25(31)34)21-8-3-4-13-27-21)22-9-6-14-30(22)19-7-5-12-26-16-19/h3-16,23-24,29H,1-2H3,(H,28,34)/t23-,24-/m1/s1. The molecule has 5 rings (SSSR count). The number of anilines is 2. The molecular weight excluding hydrogens is 480 g/mol. The van der Waals surface area contributed by atoms with Crippen molar-refractivity contribution in [1.29, 1.82) is 0 Å². The van der Waals surface area contributed by atoms with Gasteiger partial charge in [-0.05, 0) is 79.3 Å². The van der Waals surface area contributed by atoms with Gasteiger partial charge in [-0.15, -0.1) is 0 Å². The van der Waals surface area contributed by atoms with Crippen molar-refractivity contribution >= 4 is 38.7 Å². The Morgan fingerprint density at radius 2 is 1.89 bits per heavy atom. The van der Waals surface area contributed by atoms with E-state index in [-0.39, 0.29) is 12.1 Å². The lowest BCUT2D eigenvalue weighted by molar-refractivity contribution is 0.549. The van der Waals surface area contributed by atoms with Crippen LogP contribution in [0.3, 0.4) is 0 Å². The number of thiocarbonyl (C=S) groups is 1. The molecule has 2 N–H and O–H groups in total. The fourth-order valence-corrected chi connectivity index (χ4v) is 5.39. The molecule has 8 nitrogen and oxygen atoms in total. The minimum Gasteiger partial charge on any atom is -0.351 e. The van der Waals surface area contributed by atoms with Crippen LogP contribution in [-0.2, 0) is 10.0 Å². The van der Waals surface area contributed by atoms with Gasteiger partial charge in [-0.2, -0.15) is 0 Å². The third-order valence-electron chi connectivity index (χ3n) is 5.89. The second kappa shape index (κ2) is 9.12. The molecule has 0 saturated carbocycles. The topological polar surface area (TPSA) is 92.2 Å². The van der Waals surface area contributed by atoms with Gasteiger partial charge in [0.05, 0.1) is 35.6 Å². The van der Waals surface area contributed by atoms with E-state index in [1.54, 1.807) is 18.5 Å². The molecule has 3 aromatic heterocycles. The van der Waals surface area contributed by atoms with Gasteiger partial charge in [0.2, 0.25) is 10.0 Å². The first-order valence-corrected chi connectivity index (χ1v) is 13.3. The van der Waals surface area contributed by atoms with Gasteiger partial charge in [0, 0.05) is 30.0 Å². The summed E-state index contributed by atoms with van der Waals surface area (Å²) in [4.78, 5) is 11.0. The summed E-state index contributed by atoms with van der Waals surface area (Å²) in [6.45, 7) is 1.87. The molecule has 2 atom stereocenters. The number of aromatic nitrogens is 3. The Morgan fingerprint density at radius 1 is 1.03 bits per heavy atom. The summed E-state index contributed by atoms with van der Waals surface area (Å²) in [6.07, 6.45) is 8.48. The van der Waals surface area contributed by atoms with E-state index in [9.17, 15) is 8.42 Å². The molecule has 35 heavy (non-hydrogen) atoms. The van der Waals surface area contributed by atoms with Gasteiger partial charge in [0.25, 0.3) is 0 Å². The second-order valence-corrected chi connectivity index (χ2v) is 10.5. The van der Waals surface area contributed by atoms with E-state index in [0.717, 1.165) is 34.6 Å². The smallest absolute Gasteiger partial charge is 0.229 e. The van der Waals surface area contributed by atoms with Gasteiger partial charge in [-0.1, -0.05) is 6.07 Å². The first kappa shape index (κ1) is 23.0. The van der Waals surface area contributed by atoms with Gasteiger partial charge < -0.3 is 14.8 Å². The summed E-state index contributed by atoms with van der Waals surface area (Å²) in [6, 6.07) is 19.0. The van der Waals surface area contributed by atoms with E-state index < -0.39 is 10.0 Å². The molecule has 0 radical (unpaired) electrons. The molecule has 0 amide bonds. The fourth-order valence-electron chi connectivity index (χ4n) is 4.41. The highest BCUT2D eigenvalue weighted by Crippen LogP contribution is 2.42. The number of benzene rings is 1. The van der Waals surface area contributed by atoms with Crippen LogP contribution in [0.1, 0.15) is 29.0 Å². The van der Waals surface area contributed by atoms with Gasteiger partial charge in [0.15, 0.2) is 5.11 Å². The number of nitrogens with one attached hydrogen (secondary N) is 2. The van der Waals surface area contributed by atoms with Crippen LogP contribution in [0.2, 0.25) is 0 Å². The van der Waals surface area contributed by atoms with E-state index in [4.69, 9.17) is 12.2 Å². The molecule has 1 aromatic carbocycles. The minimum absolute atomic E-state index is 0.205. The van der Waals surface area contributed by atoms with Crippen LogP contribution in [0.25, 0.3) is 5.69 Å². The van der Waals surface area contributed by atoms with E-state index in [1.807, 2.05) is 67.8 Å². The van der Waals surface area contributed by atoms with Crippen molar-refractivity contribution in [3.8, 4) is 5.69 Å². The number of aryl methyl sites for hydroxylation is 1. The van der Waals surface area contributed by atoms with Crippen LogP contribution in [-0.4, -0.2) is 34.3 Å². The summed E-state index contributed by atoms with van der Waals surface area (Å²) in [5, 5.41) is 4.03. The molecule has 0 unspecified atom stereocenters. The molecule has 0 spiro atoms. The highest BCUT2D eigenvalue weighted by molar-refractivity contribution is 7.92. The molecule has 0 aliphatic carbocycles. The molecule has 4 aromatic rings. The van der Waals surface area contributed by atoms with Crippen LogP contribution in [0.15, 0.2) is 85.5 Å². The molecule has 1 fully saturated rings. The largest absolute Gasteiger partial charge is 0.351 e. The van der Waals surface area contributed by atoms with Gasteiger partial charge in [-0.3, -0.25) is 14.7 Å². The van der Waals surface area contributed by atoms with E-state index in [2.05, 4.69) is 35.5 Å². The van der Waals surface area contributed by atoms with Gasteiger partial charge in [0.1, 0.15) is 6.04 Å². The van der Waals surface area contributed by atoms with Crippen LogP contribution in [0.5, 0.6) is 0 Å². The molecule has 4 heterocycles. The minimum atomic E-state index is -3.39. The van der Waals surface area contributed by atoms with Crippen molar-refractivity contribution in [2.24, 2.45) is 0 Å². The summed E-state index contributed by atoms with van der Waals surface area (Å²) in [7, 11) is -3.39.